The molecule has 4 rings (SSSR count). The fraction of sp³-hybridized carbons (Fsp3) is 0.556. The van der Waals surface area contributed by atoms with E-state index in [0.29, 0.717) is 19.4 Å². The summed E-state index contributed by atoms with van der Waals surface area (Å²) in [6, 6.07) is 13.7. The number of piperazine rings is 1. The Morgan fingerprint density at radius 3 is 2.29 bits per heavy atom. The van der Waals surface area contributed by atoms with Gasteiger partial charge in [0, 0.05) is 38.6 Å². The van der Waals surface area contributed by atoms with Gasteiger partial charge in [-0.3, -0.25) is 0 Å². The number of hydrogen-bond donors (Lipinski definition) is 1. The highest BCUT2D eigenvalue weighted by molar-refractivity contribution is 5.41. The van der Waals surface area contributed by atoms with Crippen LogP contribution in [0.25, 0.3) is 0 Å². The Kier molecular flexibility index (Phi) is 7.85. The predicted molar refractivity (Wildman–Crippen MR) is 127 cm³/mol. The van der Waals surface area contributed by atoms with E-state index in [4.69, 9.17) is 4.74 Å². The molecule has 34 heavy (non-hydrogen) atoms. The number of rotatable bonds is 7. The quantitative estimate of drug-likeness (QED) is 0.588. The van der Waals surface area contributed by atoms with Crippen molar-refractivity contribution in [2.45, 2.75) is 56.4 Å². The topological polar surface area (TPSA) is 35.9 Å². The standard InChI is InChI=1S/C27H35F3N2O2/c1-31-14-16-32(17-15-31)19-25(26(33)12-6-3-7-13-26)23-11-10-22(18-24(23)27(28,29)30)34-20-21-8-4-2-5-9-21/h2,4-5,8-11,18,25,33H,3,6-7,12-17,19-20H2,1H3. The zero-order valence-corrected chi connectivity index (χ0v) is 19.9. The Bertz CT molecular complexity index is 921. The Labute approximate surface area is 200 Å². The van der Waals surface area contributed by atoms with E-state index in [-0.39, 0.29) is 17.9 Å². The maximum absolute atomic E-state index is 14.3. The van der Waals surface area contributed by atoms with E-state index in [9.17, 15) is 18.3 Å². The molecule has 186 valence electrons. The van der Waals surface area contributed by atoms with Crippen molar-refractivity contribution in [3.05, 3.63) is 65.2 Å². The van der Waals surface area contributed by atoms with Gasteiger partial charge in [-0.2, -0.15) is 13.2 Å². The van der Waals surface area contributed by atoms with Crippen LogP contribution in [0.3, 0.4) is 0 Å². The molecule has 1 heterocycles. The first-order valence-corrected chi connectivity index (χ1v) is 12.3. The first kappa shape index (κ1) is 25.0. The predicted octanol–water partition coefficient (Wildman–Crippen LogP) is 5.31. The summed E-state index contributed by atoms with van der Waals surface area (Å²) in [4.78, 5) is 4.43. The Morgan fingerprint density at radius 1 is 0.971 bits per heavy atom. The lowest BCUT2D eigenvalue weighted by atomic mass is 9.71. The Hall–Kier alpha value is -2.09. The molecule has 2 aromatic rings. The van der Waals surface area contributed by atoms with Crippen molar-refractivity contribution in [2.24, 2.45) is 0 Å². The smallest absolute Gasteiger partial charge is 0.416 e. The van der Waals surface area contributed by atoms with Gasteiger partial charge < -0.3 is 19.6 Å². The van der Waals surface area contributed by atoms with Crippen LogP contribution in [-0.2, 0) is 12.8 Å². The lowest BCUT2D eigenvalue weighted by Crippen LogP contribution is -2.50. The molecule has 0 spiro atoms. The Balaban J connectivity index is 1.64. The van der Waals surface area contributed by atoms with Crippen molar-refractivity contribution >= 4 is 0 Å². The third-order valence-corrected chi connectivity index (χ3v) is 7.36. The molecule has 0 amide bonds. The second-order valence-electron chi connectivity index (χ2n) is 9.84. The van der Waals surface area contributed by atoms with Crippen LogP contribution in [0.5, 0.6) is 5.75 Å². The normalized spacial score (nSPS) is 20.7. The molecule has 1 saturated carbocycles. The number of alkyl halides is 3. The zero-order valence-electron chi connectivity index (χ0n) is 19.9. The van der Waals surface area contributed by atoms with E-state index in [1.54, 1.807) is 6.07 Å². The van der Waals surface area contributed by atoms with E-state index >= 15 is 0 Å². The number of halogens is 3. The molecule has 0 bridgehead atoms. The molecule has 1 unspecified atom stereocenters. The molecular weight excluding hydrogens is 441 g/mol. The van der Waals surface area contributed by atoms with Gasteiger partial charge in [0.05, 0.1) is 11.2 Å². The summed E-state index contributed by atoms with van der Waals surface area (Å²) in [7, 11) is 2.05. The van der Waals surface area contributed by atoms with Crippen LogP contribution in [-0.4, -0.2) is 60.3 Å². The van der Waals surface area contributed by atoms with Crippen LogP contribution in [0, 0.1) is 0 Å². The first-order valence-electron chi connectivity index (χ1n) is 12.3. The number of nitrogens with zero attached hydrogens (tertiary/aromatic N) is 2. The van der Waals surface area contributed by atoms with Gasteiger partial charge in [0.2, 0.25) is 0 Å². The molecule has 1 N–H and O–H groups in total. The number of benzene rings is 2. The molecule has 1 saturated heterocycles. The van der Waals surface area contributed by atoms with E-state index < -0.39 is 23.3 Å². The highest BCUT2D eigenvalue weighted by atomic mass is 19.4. The molecule has 2 aromatic carbocycles. The summed E-state index contributed by atoms with van der Waals surface area (Å²) in [5, 5.41) is 11.6. The van der Waals surface area contributed by atoms with E-state index in [2.05, 4.69) is 16.8 Å². The average Bonchev–Trinajstić information content (AvgIpc) is 2.83. The van der Waals surface area contributed by atoms with Crippen LogP contribution in [0.1, 0.15) is 54.7 Å². The van der Waals surface area contributed by atoms with E-state index in [1.807, 2.05) is 30.3 Å². The third-order valence-electron chi connectivity index (χ3n) is 7.36. The van der Waals surface area contributed by atoms with Gasteiger partial charge in [-0.1, -0.05) is 55.7 Å². The summed E-state index contributed by atoms with van der Waals surface area (Å²) in [6.45, 7) is 3.97. The molecule has 4 nitrogen and oxygen atoms in total. The minimum atomic E-state index is -4.53. The fourth-order valence-electron chi connectivity index (χ4n) is 5.27. The lowest BCUT2D eigenvalue weighted by molar-refractivity contribution is -0.139. The summed E-state index contributed by atoms with van der Waals surface area (Å²) < 4.78 is 48.7. The summed E-state index contributed by atoms with van der Waals surface area (Å²) in [5.74, 6) is -0.412. The lowest BCUT2D eigenvalue weighted by Gasteiger charge is -2.44. The highest BCUT2D eigenvalue weighted by Gasteiger charge is 2.44. The molecule has 1 aliphatic heterocycles. The number of ether oxygens (including phenoxy) is 1. The van der Waals surface area contributed by atoms with Gasteiger partial charge in [-0.05, 0) is 43.1 Å². The molecule has 7 heteroatoms. The van der Waals surface area contributed by atoms with Crippen molar-refractivity contribution in [3.63, 3.8) is 0 Å². The molecule has 0 radical (unpaired) electrons. The second-order valence-corrected chi connectivity index (χ2v) is 9.84. The van der Waals surface area contributed by atoms with Gasteiger partial charge in [-0.15, -0.1) is 0 Å². The van der Waals surface area contributed by atoms with E-state index in [0.717, 1.165) is 57.1 Å². The molecule has 0 aromatic heterocycles. The maximum Gasteiger partial charge on any atom is 0.416 e. The SMILES string of the molecule is CN1CCN(CC(c2ccc(OCc3ccccc3)cc2C(F)(F)F)C2(O)CCCCC2)CC1. The van der Waals surface area contributed by atoms with Crippen molar-refractivity contribution in [1.29, 1.82) is 0 Å². The highest BCUT2D eigenvalue weighted by Crippen LogP contribution is 2.45. The van der Waals surface area contributed by atoms with Crippen LogP contribution < -0.4 is 4.74 Å². The van der Waals surface area contributed by atoms with Crippen molar-refractivity contribution in [1.82, 2.24) is 9.80 Å². The van der Waals surface area contributed by atoms with Crippen molar-refractivity contribution in [2.75, 3.05) is 39.8 Å². The molecule has 1 atom stereocenters. The summed E-state index contributed by atoms with van der Waals surface area (Å²) in [6.07, 6.45) is -0.760. The Morgan fingerprint density at radius 2 is 1.65 bits per heavy atom. The van der Waals surface area contributed by atoms with Gasteiger partial charge in [0.25, 0.3) is 0 Å². The van der Waals surface area contributed by atoms with Crippen molar-refractivity contribution < 1.29 is 23.0 Å². The van der Waals surface area contributed by atoms with E-state index in [1.165, 1.54) is 6.07 Å². The average molecular weight is 477 g/mol. The van der Waals surface area contributed by atoms with Gasteiger partial charge >= 0.3 is 6.18 Å². The third kappa shape index (κ3) is 6.12. The van der Waals surface area contributed by atoms with Gasteiger partial charge in [-0.25, -0.2) is 0 Å². The number of hydrogen-bond acceptors (Lipinski definition) is 4. The molecular formula is C27H35F3N2O2. The maximum atomic E-state index is 14.3. The molecule has 1 aliphatic carbocycles. The monoisotopic (exact) mass is 476 g/mol. The van der Waals surface area contributed by atoms with Crippen LogP contribution in [0.15, 0.2) is 48.5 Å². The number of aliphatic hydroxyl groups is 1. The largest absolute Gasteiger partial charge is 0.489 e. The molecule has 2 fully saturated rings. The van der Waals surface area contributed by atoms with Crippen molar-refractivity contribution in [3.8, 4) is 5.75 Å². The van der Waals surface area contributed by atoms with Gasteiger partial charge in [0.15, 0.2) is 0 Å². The first-order chi connectivity index (χ1) is 16.2. The fourth-order valence-corrected chi connectivity index (χ4v) is 5.27. The minimum absolute atomic E-state index is 0.183. The van der Waals surface area contributed by atoms with Crippen LogP contribution in [0.2, 0.25) is 0 Å². The van der Waals surface area contributed by atoms with Gasteiger partial charge in [0.1, 0.15) is 12.4 Å². The van der Waals surface area contributed by atoms with Crippen LogP contribution >= 0.6 is 0 Å². The van der Waals surface area contributed by atoms with Crippen LogP contribution in [0.4, 0.5) is 13.2 Å². The second kappa shape index (κ2) is 10.7. The number of likely N-dealkylation sites (N-methyl/N-ethyl adjacent to an activating group) is 1. The minimum Gasteiger partial charge on any atom is -0.489 e. The zero-order chi connectivity index (χ0) is 24.2. The summed E-state index contributed by atoms with van der Waals surface area (Å²) in [5.41, 5.74) is -0.753. The molecule has 2 aliphatic rings. The summed E-state index contributed by atoms with van der Waals surface area (Å²) >= 11 is 0.